The monoisotopic (exact) mass is 375 g/mol. The van der Waals surface area contributed by atoms with Crippen molar-refractivity contribution in [2.24, 2.45) is 0 Å². The van der Waals surface area contributed by atoms with Gasteiger partial charge in [0.25, 0.3) is 10.0 Å². The van der Waals surface area contributed by atoms with Crippen molar-refractivity contribution in [3.05, 3.63) is 59.0 Å². The number of anilines is 1. The molecule has 0 unspecified atom stereocenters. The van der Waals surface area contributed by atoms with E-state index in [9.17, 15) is 13.2 Å². The van der Waals surface area contributed by atoms with E-state index < -0.39 is 16.0 Å². The van der Waals surface area contributed by atoms with E-state index in [1.54, 1.807) is 0 Å². The molecule has 0 radical (unpaired) electrons. The van der Waals surface area contributed by atoms with Crippen LogP contribution >= 0.6 is 11.3 Å². The number of benzene rings is 1. The topological polar surface area (TPSA) is 98.2 Å². The summed E-state index contributed by atoms with van der Waals surface area (Å²) in [7, 11) is -2.76. The molecule has 3 rings (SSSR count). The number of ether oxygens (including phenoxy) is 1. The fourth-order valence-corrected chi connectivity index (χ4v) is 4.44. The lowest BCUT2D eigenvalue weighted by Gasteiger charge is -2.08. The van der Waals surface area contributed by atoms with Crippen LogP contribution in [0.15, 0.2) is 59.1 Å². The molecule has 0 aliphatic heterocycles. The van der Waals surface area contributed by atoms with Gasteiger partial charge in [0.2, 0.25) is 0 Å². The molecule has 1 aromatic carbocycles. The van der Waals surface area contributed by atoms with Gasteiger partial charge in [0.05, 0.1) is 25.2 Å². The van der Waals surface area contributed by atoms with Crippen LogP contribution < -0.4 is 4.72 Å². The van der Waals surface area contributed by atoms with Gasteiger partial charge >= 0.3 is 5.97 Å². The van der Waals surface area contributed by atoms with Crippen molar-refractivity contribution in [2.75, 3.05) is 11.8 Å². The van der Waals surface area contributed by atoms with E-state index in [1.165, 1.54) is 30.9 Å². The van der Waals surface area contributed by atoms with Crippen molar-refractivity contribution in [2.45, 2.75) is 4.90 Å². The first-order valence-electron chi connectivity index (χ1n) is 7.07. The van der Waals surface area contributed by atoms with Gasteiger partial charge in [-0.25, -0.2) is 23.2 Å². The number of carbonyl (C=O) groups is 1. The number of hydrogen-bond donors (Lipinski definition) is 1. The Balaban J connectivity index is 1.85. The first-order chi connectivity index (χ1) is 12.0. The van der Waals surface area contributed by atoms with Gasteiger partial charge in [-0.15, -0.1) is 11.3 Å². The molecule has 1 N–H and O–H groups in total. The lowest BCUT2D eigenvalue weighted by atomic mass is 10.2. The smallest absolute Gasteiger partial charge is 0.349 e. The number of aromatic nitrogens is 2. The number of rotatable bonds is 5. The summed E-state index contributed by atoms with van der Waals surface area (Å²) in [6.07, 6.45) is 2.74. The van der Waals surface area contributed by atoms with E-state index in [0.29, 0.717) is 5.82 Å². The molecule has 0 bridgehead atoms. The third-order valence-corrected chi connectivity index (χ3v) is 5.67. The summed E-state index contributed by atoms with van der Waals surface area (Å²) in [5.74, 6) is -0.222. The number of esters is 1. The van der Waals surface area contributed by atoms with Crippen LogP contribution in [-0.2, 0) is 14.8 Å². The molecule has 0 saturated carbocycles. The summed E-state index contributed by atoms with van der Waals surface area (Å²) in [4.78, 5) is 19.9. The molecule has 3 aromatic rings. The second-order valence-electron chi connectivity index (χ2n) is 4.87. The van der Waals surface area contributed by atoms with Crippen LogP contribution in [0.4, 0.5) is 5.69 Å². The van der Waals surface area contributed by atoms with Crippen LogP contribution in [0.25, 0.3) is 11.4 Å². The van der Waals surface area contributed by atoms with Crippen LogP contribution in [0, 0.1) is 0 Å². The molecule has 0 fully saturated rings. The zero-order valence-corrected chi connectivity index (χ0v) is 14.7. The molecule has 0 amide bonds. The quantitative estimate of drug-likeness (QED) is 0.689. The predicted octanol–water partition coefficient (Wildman–Crippen LogP) is 2.79. The van der Waals surface area contributed by atoms with Crippen LogP contribution in [0.1, 0.15) is 9.67 Å². The Morgan fingerprint density at radius 3 is 2.44 bits per heavy atom. The zero-order chi connectivity index (χ0) is 17.9. The third kappa shape index (κ3) is 3.67. The zero-order valence-electron chi connectivity index (χ0n) is 13.0. The molecule has 0 aliphatic carbocycles. The summed E-state index contributed by atoms with van der Waals surface area (Å²) in [5.41, 5.74) is 1.02. The summed E-state index contributed by atoms with van der Waals surface area (Å²) in [6.45, 7) is 0. The van der Waals surface area contributed by atoms with Crippen molar-refractivity contribution < 1.29 is 17.9 Å². The average molecular weight is 375 g/mol. The molecular weight excluding hydrogens is 362 g/mol. The standard InChI is InChI=1S/C16H13N3O4S2/c1-23-16(20)14-13(7-8-24-14)25(21,22)19-12-9-17-15(18-10-12)11-5-3-2-4-6-11/h2-10,19H,1H3. The van der Waals surface area contributed by atoms with E-state index in [0.717, 1.165) is 16.9 Å². The number of methoxy groups -OCH3 is 1. The lowest BCUT2D eigenvalue weighted by molar-refractivity contribution is 0.0602. The Morgan fingerprint density at radius 2 is 1.80 bits per heavy atom. The highest BCUT2D eigenvalue weighted by molar-refractivity contribution is 7.93. The largest absolute Gasteiger partial charge is 0.465 e. The first kappa shape index (κ1) is 17.1. The Labute approximate surface area is 148 Å². The van der Waals surface area contributed by atoms with E-state index in [2.05, 4.69) is 19.4 Å². The minimum atomic E-state index is -3.95. The van der Waals surface area contributed by atoms with Crippen molar-refractivity contribution in [3.63, 3.8) is 0 Å². The lowest BCUT2D eigenvalue weighted by Crippen LogP contribution is -2.16. The molecule has 0 spiro atoms. The summed E-state index contributed by atoms with van der Waals surface area (Å²) in [5, 5.41) is 1.51. The van der Waals surface area contributed by atoms with Crippen LogP contribution in [0.3, 0.4) is 0 Å². The number of thiophene rings is 1. The average Bonchev–Trinajstić information content (AvgIpc) is 3.13. The number of carbonyl (C=O) groups excluding carboxylic acids is 1. The van der Waals surface area contributed by atoms with Gasteiger partial charge in [-0.1, -0.05) is 30.3 Å². The van der Waals surface area contributed by atoms with Crippen molar-refractivity contribution in [1.82, 2.24) is 9.97 Å². The highest BCUT2D eigenvalue weighted by Crippen LogP contribution is 2.25. The maximum Gasteiger partial charge on any atom is 0.349 e. The minimum absolute atomic E-state index is 0.0109. The van der Waals surface area contributed by atoms with Crippen LogP contribution in [0.5, 0.6) is 0 Å². The Hall–Kier alpha value is -2.78. The van der Waals surface area contributed by atoms with Crippen molar-refractivity contribution in [3.8, 4) is 11.4 Å². The maximum absolute atomic E-state index is 12.5. The third-order valence-electron chi connectivity index (χ3n) is 3.23. The fraction of sp³-hybridized carbons (Fsp3) is 0.0625. The molecule has 0 aliphatic rings. The Kier molecular flexibility index (Phi) is 4.77. The van der Waals surface area contributed by atoms with Gasteiger partial charge in [0.15, 0.2) is 5.82 Å². The van der Waals surface area contributed by atoms with E-state index in [4.69, 9.17) is 0 Å². The van der Waals surface area contributed by atoms with Crippen molar-refractivity contribution in [1.29, 1.82) is 0 Å². The van der Waals surface area contributed by atoms with Gasteiger partial charge in [-0.05, 0) is 11.4 Å². The molecule has 128 valence electrons. The van der Waals surface area contributed by atoms with Crippen molar-refractivity contribution >= 4 is 33.0 Å². The molecule has 9 heteroatoms. The normalized spacial score (nSPS) is 11.1. The van der Waals surface area contributed by atoms with E-state index in [-0.39, 0.29) is 15.5 Å². The molecule has 2 heterocycles. The van der Waals surface area contributed by atoms with Crippen LogP contribution in [0.2, 0.25) is 0 Å². The summed E-state index contributed by atoms with van der Waals surface area (Å²) >= 11 is 0.994. The van der Waals surface area contributed by atoms with Gasteiger partial charge in [0, 0.05) is 5.56 Å². The molecule has 25 heavy (non-hydrogen) atoms. The van der Waals surface area contributed by atoms with Gasteiger partial charge in [-0.3, -0.25) is 4.72 Å². The van der Waals surface area contributed by atoms with Gasteiger partial charge < -0.3 is 4.74 Å². The second kappa shape index (κ2) is 6.99. The SMILES string of the molecule is COC(=O)c1sccc1S(=O)(=O)Nc1cnc(-c2ccccc2)nc1. The number of sulfonamides is 1. The molecule has 2 aromatic heterocycles. The van der Waals surface area contributed by atoms with E-state index in [1.807, 2.05) is 30.3 Å². The van der Waals surface area contributed by atoms with Gasteiger partial charge in [0.1, 0.15) is 9.77 Å². The summed E-state index contributed by atoms with van der Waals surface area (Å²) < 4.78 is 31.9. The second-order valence-corrected chi connectivity index (χ2v) is 7.44. The maximum atomic E-state index is 12.5. The highest BCUT2D eigenvalue weighted by atomic mass is 32.2. The number of nitrogens with zero attached hydrogens (tertiary/aromatic N) is 2. The van der Waals surface area contributed by atoms with E-state index >= 15 is 0 Å². The Bertz CT molecular complexity index is 984. The molecule has 7 nitrogen and oxygen atoms in total. The number of nitrogens with one attached hydrogen (secondary N) is 1. The first-order valence-corrected chi connectivity index (χ1v) is 9.43. The molecule has 0 saturated heterocycles. The van der Waals surface area contributed by atoms with Crippen LogP contribution in [-0.4, -0.2) is 31.5 Å². The number of hydrogen-bond acceptors (Lipinski definition) is 7. The predicted molar refractivity (Wildman–Crippen MR) is 93.9 cm³/mol. The van der Waals surface area contributed by atoms with Gasteiger partial charge in [-0.2, -0.15) is 0 Å². The minimum Gasteiger partial charge on any atom is -0.465 e. The highest BCUT2D eigenvalue weighted by Gasteiger charge is 2.24. The molecule has 0 atom stereocenters. The summed E-state index contributed by atoms with van der Waals surface area (Å²) in [6, 6.07) is 10.7. The Morgan fingerprint density at radius 1 is 1.12 bits per heavy atom. The fourth-order valence-electron chi connectivity index (χ4n) is 2.08. The molecular formula is C16H13N3O4S2.